The molecule has 1 aromatic heterocycles. The van der Waals surface area contributed by atoms with Crippen molar-refractivity contribution in [1.82, 2.24) is 0 Å². The third-order valence-electron chi connectivity index (χ3n) is 13.7. The fraction of sp³-hybridized carbons (Fsp3) is 0.103. The van der Waals surface area contributed by atoms with Gasteiger partial charge in [0.1, 0.15) is 0 Å². The van der Waals surface area contributed by atoms with Crippen molar-refractivity contribution in [2.24, 2.45) is 0 Å². The third-order valence-corrected chi connectivity index (χ3v) is 14.9. The van der Waals surface area contributed by atoms with Gasteiger partial charge in [-0.1, -0.05) is 179 Å². The Balaban J connectivity index is 1.13. The van der Waals surface area contributed by atoms with Crippen molar-refractivity contribution in [3.8, 4) is 44.5 Å². The van der Waals surface area contributed by atoms with Crippen molar-refractivity contribution in [2.75, 3.05) is 4.90 Å². The molecule has 1 heterocycles. The van der Waals surface area contributed by atoms with Crippen molar-refractivity contribution in [3.63, 3.8) is 0 Å². The van der Waals surface area contributed by atoms with Gasteiger partial charge < -0.3 is 4.90 Å². The summed E-state index contributed by atoms with van der Waals surface area (Å²) in [5, 5.41) is 5.13. The second kappa shape index (κ2) is 12.9. The topological polar surface area (TPSA) is 3.24 Å². The van der Waals surface area contributed by atoms with Gasteiger partial charge in [-0.15, -0.1) is 11.3 Å². The van der Waals surface area contributed by atoms with Crippen LogP contribution >= 0.6 is 11.3 Å². The van der Waals surface area contributed by atoms with Gasteiger partial charge >= 0.3 is 0 Å². The first-order valence-electron chi connectivity index (χ1n) is 21.1. The zero-order chi connectivity index (χ0) is 40.3. The van der Waals surface area contributed by atoms with E-state index in [1.165, 1.54) is 103 Å². The van der Waals surface area contributed by atoms with E-state index in [2.05, 4.69) is 221 Å². The Labute approximate surface area is 355 Å². The fourth-order valence-corrected chi connectivity index (χ4v) is 11.9. The van der Waals surface area contributed by atoms with Crippen LogP contribution in [0.1, 0.15) is 49.9 Å². The quantitative estimate of drug-likeness (QED) is 0.168. The maximum Gasteiger partial charge on any atom is 0.0639 e. The molecule has 0 fully saturated rings. The molecule has 0 atom stereocenters. The molecule has 0 saturated carbocycles. The van der Waals surface area contributed by atoms with Gasteiger partial charge in [-0.25, -0.2) is 0 Å². The van der Waals surface area contributed by atoms with Gasteiger partial charge in [-0.2, -0.15) is 0 Å². The van der Waals surface area contributed by atoms with Crippen LogP contribution in [0.15, 0.2) is 188 Å². The van der Waals surface area contributed by atoms with Gasteiger partial charge in [-0.3, -0.25) is 0 Å². The molecule has 0 radical (unpaired) electrons. The Hall–Kier alpha value is -6.74. The van der Waals surface area contributed by atoms with Gasteiger partial charge in [0, 0.05) is 53.3 Å². The van der Waals surface area contributed by atoms with Gasteiger partial charge in [-0.05, 0) is 103 Å². The highest BCUT2D eigenvalue weighted by molar-refractivity contribution is 7.26. The number of thiophene rings is 1. The zero-order valence-corrected chi connectivity index (χ0v) is 35.1. The Morgan fingerprint density at radius 3 is 1.60 bits per heavy atom. The van der Waals surface area contributed by atoms with E-state index in [4.69, 9.17) is 0 Å². The minimum absolute atomic E-state index is 0.0573. The molecule has 0 bridgehead atoms. The second-order valence-electron chi connectivity index (χ2n) is 17.7. The molecule has 286 valence electrons. The van der Waals surface area contributed by atoms with E-state index in [0.717, 1.165) is 11.4 Å². The molecule has 0 N–H and O–H groups in total. The monoisotopic (exact) mass is 785 g/mol. The lowest BCUT2D eigenvalue weighted by Gasteiger charge is -2.31. The van der Waals surface area contributed by atoms with Crippen molar-refractivity contribution in [2.45, 2.75) is 38.5 Å². The van der Waals surface area contributed by atoms with E-state index in [1.807, 2.05) is 11.3 Å². The van der Waals surface area contributed by atoms with Crippen molar-refractivity contribution in [3.05, 3.63) is 210 Å². The number of benzene rings is 9. The lowest BCUT2D eigenvalue weighted by Crippen LogP contribution is -2.17. The Morgan fingerprint density at radius 1 is 0.383 bits per heavy atom. The SMILES string of the molecule is CC1(C)c2ccccc2-c2ccc(-c3ccc(N(c4ccc5c(c4)C(C)(C)c4ccccc4-5)c4c(-c5ccccc5)c5ccccc5c5sc6ccccc6c45)cc3)cc21. The summed E-state index contributed by atoms with van der Waals surface area (Å²) in [5.74, 6) is 0. The molecule has 2 heteroatoms. The molecular formula is C58H43NS. The molecule has 1 nitrogen and oxygen atoms in total. The Bertz CT molecular complexity index is 3370. The summed E-state index contributed by atoms with van der Waals surface area (Å²) in [6.45, 7) is 9.49. The molecule has 10 aromatic rings. The summed E-state index contributed by atoms with van der Waals surface area (Å²) in [6, 6.07) is 70.5. The van der Waals surface area contributed by atoms with Crippen molar-refractivity contribution in [1.29, 1.82) is 0 Å². The fourth-order valence-electron chi connectivity index (χ4n) is 10.7. The molecule has 12 rings (SSSR count). The van der Waals surface area contributed by atoms with E-state index in [1.54, 1.807) is 0 Å². The zero-order valence-electron chi connectivity index (χ0n) is 34.3. The first-order valence-corrected chi connectivity index (χ1v) is 21.9. The molecule has 0 amide bonds. The van der Waals surface area contributed by atoms with Crippen molar-refractivity contribution >= 4 is 59.3 Å². The summed E-state index contributed by atoms with van der Waals surface area (Å²) in [7, 11) is 0. The van der Waals surface area contributed by atoms with Gasteiger partial charge in [0.25, 0.3) is 0 Å². The molecule has 2 aliphatic carbocycles. The predicted molar refractivity (Wildman–Crippen MR) is 258 cm³/mol. The minimum atomic E-state index is -0.144. The van der Waals surface area contributed by atoms with E-state index in [9.17, 15) is 0 Å². The van der Waals surface area contributed by atoms with E-state index in [0.29, 0.717) is 0 Å². The average molecular weight is 786 g/mol. The Morgan fingerprint density at radius 2 is 0.900 bits per heavy atom. The number of hydrogen-bond donors (Lipinski definition) is 0. The van der Waals surface area contributed by atoms with Gasteiger partial charge in [0.15, 0.2) is 0 Å². The second-order valence-corrected chi connectivity index (χ2v) is 18.7. The average Bonchev–Trinajstić information content (AvgIpc) is 3.87. The first kappa shape index (κ1) is 35.2. The number of fused-ring (bicyclic) bond motifs is 11. The van der Waals surface area contributed by atoms with E-state index in [-0.39, 0.29) is 10.8 Å². The normalized spacial score (nSPS) is 14.3. The van der Waals surface area contributed by atoms with Gasteiger partial charge in [0.2, 0.25) is 0 Å². The lowest BCUT2D eigenvalue weighted by atomic mass is 9.81. The summed E-state index contributed by atoms with van der Waals surface area (Å²) >= 11 is 1.91. The summed E-state index contributed by atoms with van der Waals surface area (Å²) in [4.78, 5) is 2.57. The van der Waals surface area contributed by atoms with Crippen LogP contribution < -0.4 is 4.90 Å². The predicted octanol–water partition coefficient (Wildman–Crippen LogP) is 16.6. The molecular weight excluding hydrogens is 743 g/mol. The first-order chi connectivity index (χ1) is 29.3. The summed E-state index contributed by atoms with van der Waals surface area (Å²) in [5.41, 5.74) is 19.1. The number of hydrogen-bond acceptors (Lipinski definition) is 2. The molecule has 0 spiro atoms. The van der Waals surface area contributed by atoms with Crippen LogP contribution in [-0.2, 0) is 10.8 Å². The van der Waals surface area contributed by atoms with Crippen molar-refractivity contribution < 1.29 is 0 Å². The third kappa shape index (κ3) is 4.98. The van der Waals surface area contributed by atoms with Gasteiger partial charge in [0.05, 0.1) is 5.69 Å². The van der Waals surface area contributed by atoms with Crippen LogP contribution in [-0.4, -0.2) is 0 Å². The molecule has 60 heavy (non-hydrogen) atoms. The standard InChI is InChI=1S/C58H43NS/c1-57(2)48-23-13-10-18-41(48)43-32-28-38(34-50(43)57)36-26-29-39(30-27-36)59(40-31-33-44-42-19-11-14-24-49(42)58(3,4)51(44)35-40)55-53(37-16-6-5-7-17-37)45-20-8-9-21-46(45)56-54(55)47-22-12-15-25-52(47)60-56/h5-35H,1-4H3. The highest BCUT2D eigenvalue weighted by Gasteiger charge is 2.37. The summed E-state index contributed by atoms with van der Waals surface area (Å²) in [6.07, 6.45) is 0. The largest absolute Gasteiger partial charge is 0.309 e. The van der Waals surface area contributed by atoms with Crippen LogP contribution in [0, 0.1) is 0 Å². The molecule has 0 saturated heterocycles. The van der Waals surface area contributed by atoms with Crippen LogP contribution in [0.5, 0.6) is 0 Å². The van der Waals surface area contributed by atoms with E-state index < -0.39 is 0 Å². The maximum absolute atomic E-state index is 2.57. The Kier molecular flexibility index (Phi) is 7.56. The minimum Gasteiger partial charge on any atom is -0.309 e. The summed E-state index contributed by atoms with van der Waals surface area (Å²) < 4.78 is 2.62. The highest BCUT2D eigenvalue weighted by atomic mass is 32.1. The van der Waals surface area contributed by atoms with E-state index >= 15 is 0 Å². The number of anilines is 3. The van der Waals surface area contributed by atoms with Crippen LogP contribution in [0.2, 0.25) is 0 Å². The molecule has 2 aliphatic rings. The molecule has 0 unspecified atom stereocenters. The highest BCUT2D eigenvalue weighted by Crippen LogP contribution is 2.56. The molecule has 0 aliphatic heterocycles. The van der Waals surface area contributed by atoms with Crippen LogP contribution in [0.4, 0.5) is 17.1 Å². The molecule has 9 aromatic carbocycles. The number of nitrogens with zero attached hydrogens (tertiary/aromatic N) is 1. The number of rotatable bonds is 5. The van der Waals surface area contributed by atoms with Crippen LogP contribution in [0.3, 0.4) is 0 Å². The maximum atomic E-state index is 2.57. The smallest absolute Gasteiger partial charge is 0.0639 e. The lowest BCUT2D eigenvalue weighted by molar-refractivity contribution is 0.660. The van der Waals surface area contributed by atoms with Crippen LogP contribution in [0.25, 0.3) is 75.5 Å².